The summed E-state index contributed by atoms with van der Waals surface area (Å²) in [5.74, 6) is 0.696. The molecule has 2 aromatic heterocycles. The molecule has 0 bridgehead atoms. The van der Waals surface area contributed by atoms with Gasteiger partial charge >= 0.3 is 0 Å². The Morgan fingerprint density at radius 1 is 0.824 bits per heavy atom. The lowest BCUT2D eigenvalue weighted by molar-refractivity contribution is 0.102. The van der Waals surface area contributed by atoms with E-state index in [0.29, 0.717) is 5.56 Å². The zero-order chi connectivity index (χ0) is 23.1. The van der Waals surface area contributed by atoms with E-state index in [1.807, 2.05) is 84.9 Å². The van der Waals surface area contributed by atoms with E-state index in [9.17, 15) is 4.79 Å². The number of thiophene rings is 1. The molecule has 4 nitrogen and oxygen atoms in total. The van der Waals surface area contributed by atoms with Crippen LogP contribution in [0.2, 0.25) is 0 Å². The second-order valence-electron chi connectivity index (χ2n) is 7.87. The fraction of sp³-hybridized carbons (Fsp3) is 0. The van der Waals surface area contributed by atoms with E-state index in [0.717, 1.165) is 47.7 Å². The number of nitrogens with zero attached hydrogens (tertiary/aromatic N) is 2. The molecule has 0 saturated carbocycles. The van der Waals surface area contributed by atoms with Crippen LogP contribution in [-0.4, -0.2) is 15.5 Å². The number of benzene rings is 4. The van der Waals surface area contributed by atoms with Crippen LogP contribution in [0.1, 0.15) is 10.4 Å². The van der Waals surface area contributed by atoms with Gasteiger partial charge in [0.15, 0.2) is 0 Å². The van der Waals surface area contributed by atoms with E-state index in [2.05, 4.69) is 44.0 Å². The summed E-state index contributed by atoms with van der Waals surface area (Å²) in [6.45, 7) is 0. The van der Waals surface area contributed by atoms with Crippen molar-refractivity contribution in [2.75, 3.05) is 5.32 Å². The van der Waals surface area contributed by atoms with Gasteiger partial charge in [-0.3, -0.25) is 9.36 Å². The van der Waals surface area contributed by atoms with Crippen molar-refractivity contribution in [3.8, 4) is 17.1 Å². The van der Waals surface area contributed by atoms with Gasteiger partial charge in [-0.1, -0.05) is 60.7 Å². The number of hydrogen-bond acceptors (Lipinski definition) is 3. The number of amides is 1. The summed E-state index contributed by atoms with van der Waals surface area (Å²) in [4.78, 5) is 17.9. The number of anilines is 1. The Morgan fingerprint density at radius 2 is 1.53 bits per heavy atom. The van der Waals surface area contributed by atoms with Crippen molar-refractivity contribution in [2.24, 2.45) is 0 Å². The predicted octanol–water partition coefficient (Wildman–Crippen LogP) is 7.92. The number of hydrogen-bond donors (Lipinski definition) is 1. The molecule has 0 radical (unpaired) electrons. The van der Waals surface area contributed by atoms with Crippen molar-refractivity contribution in [1.29, 1.82) is 0 Å². The number of aromatic nitrogens is 2. The Hall–Kier alpha value is -3.74. The fourth-order valence-corrected chi connectivity index (χ4v) is 5.91. The van der Waals surface area contributed by atoms with E-state index in [4.69, 9.17) is 4.98 Å². The first-order chi connectivity index (χ1) is 16.7. The highest BCUT2D eigenvalue weighted by molar-refractivity contribution is 9.10. The van der Waals surface area contributed by atoms with Gasteiger partial charge in [0.2, 0.25) is 0 Å². The Kier molecular flexibility index (Phi) is 5.24. The van der Waals surface area contributed by atoms with Crippen molar-refractivity contribution in [1.82, 2.24) is 9.55 Å². The number of halogens is 1. The third kappa shape index (κ3) is 3.61. The first-order valence-corrected chi connectivity index (χ1v) is 12.4. The van der Waals surface area contributed by atoms with E-state index in [1.54, 1.807) is 11.3 Å². The second kappa shape index (κ2) is 8.56. The number of para-hydroxylation sites is 3. The quantitative estimate of drug-likeness (QED) is 0.255. The maximum atomic E-state index is 13.0. The zero-order valence-electron chi connectivity index (χ0n) is 17.9. The summed E-state index contributed by atoms with van der Waals surface area (Å²) >= 11 is 5.18. The molecule has 34 heavy (non-hydrogen) atoms. The maximum absolute atomic E-state index is 13.0. The summed E-state index contributed by atoms with van der Waals surface area (Å²) in [5.41, 5.74) is 4.55. The highest BCUT2D eigenvalue weighted by Crippen LogP contribution is 2.39. The number of fused-ring (bicyclic) bond motifs is 2. The summed E-state index contributed by atoms with van der Waals surface area (Å²) < 4.78 is 4.19. The highest BCUT2D eigenvalue weighted by Gasteiger charge is 2.16. The second-order valence-corrected chi connectivity index (χ2v) is 9.71. The molecule has 0 unspecified atom stereocenters. The van der Waals surface area contributed by atoms with Crippen molar-refractivity contribution in [3.63, 3.8) is 0 Å². The van der Waals surface area contributed by atoms with Crippen LogP contribution in [0.3, 0.4) is 0 Å². The molecular weight excluding hydrogens is 506 g/mol. The average molecular weight is 524 g/mol. The molecular formula is C28H18BrN3OS. The number of imidazole rings is 1. The molecule has 1 amide bonds. The van der Waals surface area contributed by atoms with Gasteiger partial charge in [-0.15, -0.1) is 11.3 Å². The molecule has 164 valence electrons. The van der Waals surface area contributed by atoms with Gasteiger partial charge in [-0.2, -0.15) is 0 Å². The molecule has 4 aromatic carbocycles. The van der Waals surface area contributed by atoms with E-state index in [-0.39, 0.29) is 5.91 Å². The van der Waals surface area contributed by atoms with Gasteiger partial charge in [0, 0.05) is 26.9 Å². The normalized spacial score (nSPS) is 11.2. The molecule has 6 aromatic rings. The molecule has 0 aliphatic heterocycles. The Labute approximate surface area is 208 Å². The first kappa shape index (κ1) is 20.8. The minimum atomic E-state index is -0.143. The van der Waals surface area contributed by atoms with E-state index < -0.39 is 0 Å². The van der Waals surface area contributed by atoms with Gasteiger partial charge in [0.25, 0.3) is 5.91 Å². The van der Waals surface area contributed by atoms with Gasteiger partial charge in [-0.05, 0) is 58.4 Å². The van der Waals surface area contributed by atoms with Crippen LogP contribution in [0.4, 0.5) is 5.00 Å². The Bertz CT molecular complexity index is 1650. The largest absolute Gasteiger partial charge is 0.313 e. The number of nitrogens with one attached hydrogen (secondary N) is 1. The zero-order valence-corrected chi connectivity index (χ0v) is 20.3. The minimum Gasteiger partial charge on any atom is -0.313 e. The number of rotatable bonds is 4. The summed E-state index contributed by atoms with van der Waals surface area (Å²) in [6.07, 6.45) is 0. The van der Waals surface area contributed by atoms with Crippen LogP contribution in [-0.2, 0) is 0 Å². The maximum Gasteiger partial charge on any atom is 0.256 e. The van der Waals surface area contributed by atoms with Crippen LogP contribution in [0.15, 0.2) is 108 Å². The molecule has 0 fully saturated rings. The topological polar surface area (TPSA) is 46.9 Å². The van der Waals surface area contributed by atoms with Crippen molar-refractivity contribution >= 4 is 59.3 Å². The smallest absolute Gasteiger partial charge is 0.256 e. The monoisotopic (exact) mass is 523 g/mol. The standard InChI is InChI=1S/C28H18BrN3OS/c29-25-21-10-4-7-13-24(21)34-28(25)31-27(33)19-16-14-18(15-17-19)26-30-22-11-5-6-12-23(22)32(26)20-8-2-1-3-9-20/h1-17H,(H,31,33). The highest BCUT2D eigenvalue weighted by atomic mass is 79.9. The third-order valence-electron chi connectivity index (χ3n) is 5.74. The lowest BCUT2D eigenvalue weighted by Crippen LogP contribution is -2.11. The molecule has 0 aliphatic rings. The average Bonchev–Trinajstić information content (AvgIpc) is 3.43. The molecule has 6 heteroatoms. The van der Waals surface area contributed by atoms with Crippen LogP contribution in [0.5, 0.6) is 0 Å². The minimum absolute atomic E-state index is 0.143. The summed E-state index contributed by atoms with van der Waals surface area (Å²) in [5, 5.41) is 4.95. The number of carbonyl (C=O) groups is 1. The van der Waals surface area contributed by atoms with Gasteiger partial charge < -0.3 is 5.32 Å². The fourth-order valence-electron chi connectivity index (χ4n) is 4.10. The van der Waals surface area contributed by atoms with Crippen LogP contribution < -0.4 is 5.32 Å². The Morgan fingerprint density at radius 3 is 2.32 bits per heavy atom. The molecule has 0 atom stereocenters. The van der Waals surface area contributed by atoms with Gasteiger partial charge in [0.05, 0.1) is 15.5 Å². The van der Waals surface area contributed by atoms with Crippen LogP contribution >= 0.6 is 27.3 Å². The molecule has 0 aliphatic carbocycles. The molecule has 1 N–H and O–H groups in total. The van der Waals surface area contributed by atoms with Gasteiger partial charge in [-0.25, -0.2) is 4.98 Å². The third-order valence-corrected chi connectivity index (χ3v) is 7.91. The number of carbonyl (C=O) groups excluding carboxylic acids is 1. The van der Waals surface area contributed by atoms with Crippen molar-refractivity contribution < 1.29 is 4.79 Å². The first-order valence-electron chi connectivity index (χ1n) is 10.8. The molecule has 6 rings (SSSR count). The van der Waals surface area contributed by atoms with E-state index >= 15 is 0 Å². The summed E-state index contributed by atoms with van der Waals surface area (Å²) in [7, 11) is 0. The summed E-state index contributed by atoms with van der Waals surface area (Å²) in [6, 6.07) is 34.0. The molecule has 2 heterocycles. The van der Waals surface area contributed by atoms with E-state index in [1.165, 1.54) is 0 Å². The van der Waals surface area contributed by atoms with Crippen LogP contribution in [0.25, 0.3) is 38.2 Å². The SMILES string of the molecule is O=C(Nc1sc2ccccc2c1Br)c1ccc(-c2nc3ccccc3n2-c2ccccc2)cc1. The van der Waals surface area contributed by atoms with Crippen molar-refractivity contribution in [2.45, 2.75) is 0 Å². The Balaban J connectivity index is 1.34. The lowest BCUT2D eigenvalue weighted by Gasteiger charge is -2.10. The predicted molar refractivity (Wildman–Crippen MR) is 144 cm³/mol. The van der Waals surface area contributed by atoms with Crippen LogP contribution in [0, 0.1) is 0 Å². The van der Waals surface area contributed by atoms with Crippen molar-refractivity contribution in [3.05, 3.63) is 113 Å². The lowest BCUT2D eigenvalue weighted by atomic mass is 10.1. The molecule has 0 spiro atoms. The molecule has 0 saturated heterocycles. The van der Waals surface area contributed by atoms with Gasteiger partial charge in [0.1, 0.15) is 10.8 Å².